The summed E-state index contributed by atoms with van der Waals surface area (Å²) in [7, 11) is 0. The molecule has 0 aliphatic heterocycles. The van der Waals surface area contributed by atoms with Crippen molar-refractivity contribution in [2.75, 3.05) is 0 Å². The first kappa shape index (κ1) is 25.6. The molecule has 2 aromatic heterocycles. The van der Waals surface area contributed by atoms with E-state index >= 15 is 0 Å². The second-order valence-electron chi connectivity index (χ2n) is 9.59. The summed E-state index contributed by atoms with van der Waals surface area (Å²) in [5.41, 5.74) is 7.63. The van der Waals surface area contributed by atoms with Gasteiger partial charge in [-0.15, -0.1) is 29.3 Å². The van der Waals surface area contributed by atoms with Crippen molar-refractivity contribution in [2.24, 2.45) is 0 Å². The second kappa shape index (κ2) is 10.4. The molecule has 0 atom stereocenters. The Morgan fingerprint density at radius 2 is 1.45 bits per heavy atom. The largest absolute Gasteiger partial charge is 0.507 e. The van der Waals surface area contributed by atoms with Gasteiger partial charge < -0.3 is 9.52 Å². The first-order chi connectivity index (χ1) is 18.0. The van der Waals surface area contributed by atoms with Crippen LogP contribution in [-0.4, -0.2) is 15.1 Å². The number of rotatable bonds is 5. The molecule has 0 aliphatic rings. The summed E-state index contributed by atoms with van der Waals surface area (Å²) in [6.07, 6.45) is 1.80. The minimum absolute atomic E-state index is 0. The fourth-order valence-corrected chi connectivity index (χ4v) is 4.69. The number of fused-ring (bicyclic) bond motifs is 1. The number of hydrogen-bond donors (Lipinski definition) is 1. The zero-order valence-electron chi connectivity index (χ0n) is 21.0. The first-order valence-electron chi connectivity index (χ1n) is 12.2. The van der Waals surface area contributed by atoms with Gasteiger partial charge in [0.25, 0.3) is 0 Å². The number of hydrogen-bond acceptors (Lipinski definition) is 4. The number of benzene rings is 4. The third-order valence-corrected chi connectivity index (χ3v) is 6.87. The number of nitrogens with zero attached hydrogens (tertiary/aromatic N) is 2. The fraction of sp³-hybridized carbons (Fsp3) is 0.0909. The molecule has 0 radical (unpaired) electrons. The van der Waals surface area contributed by atoms with Gasteiger partial charge in [-0.05, 0) is 29.8 Å². The van der Waals surface area contributed by atoms with Crippen LogP contribution < -0.4 is 0 Å². The van der Waals surface area contributed by atoms with E-state index in [1.165, 1.54) is 5.56 Å². The normalized spacial score (nSPS) is 11.3. The number of aromatic hydroxyl groups is 1. The Hall–Kier alpha value is -4.01. The Balaban J connectivity index is 0.00000294. The van der Waals surface area contributed by atoms with Gasteiger partial charge in [0.2, 0.25) is 5.89 Å². The maximum atomic E-state index is 10.4. The Morgan fingerprint density at radius 1 is 0.737 bits per heavy atom. The SMILES string of the molecule is CC(C)(c1ccccc1)c1cc(-c2ccccn2)[c-]c(-c2cccc3oc(-c4ccccc4O)nc23)c1.[Pt]. The second-order valence-corrected chi connectivity index (χ2v) is 9.59. The number of phenols is 1. The van der Waals surface area contributed by atoms with Crippen molar-refractivity contribution in [3.63, 3.8) is 0 Å². The molecule has 0 saturated carbocycles. The van der Waals surface area contributed by atoms with Crippen molar-refractivity contribution in [3.05, 3.63) is 127 Å². The van der Waals surface area contributed by atoms with E-state index in [2.05, 4.69) is 61.3 Å². The fourth-order valence-electron chi connectivity index (χ4n) is 4.69. The summed E-state index contributed by atoms with van der Waals surface area (Å²) in [5, 5.41) is 10.4. The number of para-hydroxylation sites is 2. The van der Waals surface area contributed by atoms with E-state index in [1.807, 2.05) is 48.5 Å². The van der Waals surface area contributed by atoms with E-state index in [0.29, 0.717) is 17.0 Å². The van der Waals surface area contributed by atoms with E-state index in [-0.39, 0.29) is 32.2 Å². The van der Waals surface area contributed by atoms with E-state index in [1.54, 1.807) is 24.4 Å². The molecule has 6 aromatic rings. The van der Waals surface area contributed by atoms with E-state index in [0.717, 1.165) is 33.5 Å². The zero-order chi connectivity index (χ0) is 25.4. The predicted molar refractivity (Wildman–Crippen MR) is 147 cm³/mol. The molecule has 0 bridgehead atoms. The molecule has 4 nitrogen and oxygen atoms in total. The number of pyridine rings is 1. The molecule has 38 heavy (non-hydrogen) atoms. The van der Waals surface area contributed by atoms with Crippen molar-refractivity contribution in [1.29, 1.82) is 0 Å². The van der Waals surface area contributed by atoms with Gasteiger partial charge in [-0.25, -0.2) is 4.98 Å². The average molecular weight is 677 g/mol. The quantitative estimate of drug-likeness (QED) is 0.188. The molecule has 4 aromatic carbocycles. The average Bonchev–Trinajstić information content (AvgIpc) is 3.38. The van der Waals surface area contributed by atoms with Crippen LogP contribution in [0, 0.1) is 6.07 Å². The number of oxazole rings is 1. The van der Waals surface area contributed by atoms with Gasteiger partial charge in [-0.1, -0.05) is 91.7 Å². The molecule has 0 unspecified atom stereocenters. The van der Waals surface area contributed by atoms with Crippen molar-refractivity contribution in [3.8, 4) is 39.6 Å². The zero-order valence-corrected chi connectivity index (χ0v) is 23.2. The maximum Gasteiger partial charge on any atom is 0.230 e. The van der Waals surface area contributed by atoms with Crippen LogP contribution in [0.4, 0.5) is 0 Å². The number of phenolic OH excluding ortho intramolecular Hbond substituents is 1. The van der Waals surface area contributed by atoms with Gasteiger partial charge in [0, 0.05) is 38.4 Å². The minimum Gasteiger partial charge on any atom is -0.507 e. The summed E-state index contributed by atoms with van der Waals surface area (Å²) in [6.45, 7) is 4.47. The molecule has 190 valence electrons. The van der Waals surface area contributed by atoms with Crippen LogP contribution in [0.5, 0.6) is 5.75 Å². The molecule has 2 heterocycles. The van der Waals surface area contributed by atoms with Gasteiger partial charge in [-0.3, -0.25) is 4.98 Å². The molecule has 5 heteroatoms. The smallest absolute Gasteiger partial charge is 0.230 e. The van der Waals surface area contributed by atoms with Crippen molar-refractivity contribution in [1.82, 2.24) is 9.97 Å². The van der Waals surface area contributed by atoms with Gasteiger partial charge >= 0.3 is 0 Å². The van der Waals surface area contributed by atoms with Crippen LogP contribution in [0.1, 0.15) is 25.0 Å². The summed E-state index contributed by atoms with van der Waals surface area (Å²) >= 11 is 0. The van der Waals surface area contributed by atoms with Gasteiger partial charge in [-0.2, -0.15) is 0 Å². The molecule has 0 aliphatic carbocycles. The molecule has 6 rings (SSSR count). The molecule has 0 amide bonds. The summed E-state index contributed by atoms with van der Waals surface area (Å²) < 4.78 is 6.08. The predicted octanol–water partition coefficient (Wildman–Crippen LogP) is 8.05. The summed E-state index contributed by atoms with van der Waals surface area (Å²) in [4.78, 5) is 9.41. The van der Waals surface area contributed by atoms with Crippen LogP contribution in [-0.2, 0) is 26.5 Å². The Bertz CT molecular complexity index is 1710. The summed E-state index contributed by atoms with van der Waals surface area (Å²) in [5.74, 6) is 0.512. The number of aromatic nitrogens is 2. The van der Waals surface area contributed by atoms with Crippen LogP contribution in [0.15, 0.2) is 114 Å². The van der Waals surface area contributed by atoms with Crippen LogP contribution >= 0.6 is 0 Å². The van der Waals surface area contributed by atoms with Gasteiger partial charge in [0.1, 0.15) is 11.3 Å². The first-order valence-corrected chi connectivity index (χ1v) is 12.2. The van der Waals surface area contributed by atoms with Crippen LogP contribution in [0.3, 0.4) is 0 Å². The topological polar surface area (TPSA) is 59.2 Å². The van der Waals surface area contributed by atoms with Crippen LogP contribution in [0.25, 0.3) is 44.9 Å². The standard InChI is InChI=1S/C33H25N2O2.Pt/c1-33(2,24-11-4-3-5-12-24)25-20-22(19-23(21-25)28-15-8-9-18-34-28)26-14-10-17-30-31(26)35-32(37-30)27-13-6-7-16-29(27)36;/h3-18,20-21,36H,1-2H3;/q-1;. The van der Waals surface area contributed by atoms with E-state index < -0.39 is 0 Å². The Morgan fingerprint density at radius 3 is 2.21 bits per heavy atom. The molecule has 0 spiro atoms. The van der Waals surface area contributed by atoms with E-state index in [4.69, 9.17) is 9.40 Å². The molecule has 0 saturated heterocycles. The van der Waals surface area contributed by atoms with Crippen LogP contribution in [0.2, 0.25) is 0 Å². The summed E-state index contributed by atoms with van der Waals surface area (Å²) in [6, 6.07) is 37.3. The molecule has 0 fully saturated rings. The maximum absolute atomic E-state index is 10.4. The third kappa shape index (κ3) is 4.68. The molecular formula is C33H25N2O2Pt-. The monoisotopic (exact) mass is 676 g/mol. The van der Waals surface area contributed by atoms with Gasteiger partial charge in [0.05, 0.1) is 11.1 Å². The van der Waals surface area contributed by atoms with E-state index in [9.17, 15) is 5.11 Å². The third-order valence-electron chi connectivity index (χ3n) is 6.87. The minimum atomic E-state index is -0.257. The Labute approximate surface area is 236 Å². The van der Waals surface area contributed by atoms with Crippen molar-refractivity contribution in [2.45, 2.75) is 19.3 Å². The molecular weight excluding hydrogens is 651 g/mol. The molecule has 1 N–H and O–H groups in total. The van der Waals surface area contributed by atoms with Crippen molar-refractivity contribution >= 4 is 11.1 Å². The van der Waals surface area contributed by atoms with Gasteiger partial charge in [0.15, 0.2) is 0 Å². The van der Waals surface area contributed by atoms with Crippen molar-refractivity contribution < 1.29 is 30.6 Å². The Kier molecular flexibility index (Phi) is 7.01.